The average molecular weight is 368 g/mol. The molecule has 0 amide bonds. The highest BCUT2D eigenvalue weighted by atomic mass is 79.9. The normalized spacial score (nSPS) is 16.2. The number of ether oxygens (including phenoxy) is 1. The van der Waals surface area contributed by atoms with Gasteiger partial charge in [0.1, 0.15) is 5.75 Å². The Kier molecular flexibility index (Phi) is 4.00. The third-order valence-electron chi connectivity index (χ3n) is 3.81. The molecule has 3 rings (SSSR count). The molecule has 1 heterocycles. The highest BCUT2D eigenvalue weighted by Crippen LogP contribution is 2.37. The molecule has 21 heavy (non-hydrogen) atoms. The molecule has 2 nitrogen and oxygen atoms in total. The predicted octanol–water partition coefficient (Wildman–Crippen LogP) is 4.49. The Morgan fingerprint density at radius 1 is 1.33 bits per heavy atom. The van der Waals surface area contributed by atoms with Crippen molar-refractivity contribution in [2.75, 3.05) is 6.61 Å². The first-order valence-corrected chi connectivity index (χ1v) is 8.05. The van der Waals surface area contributed by atoms with Gasteiger partial charge in [-0.25, -0.2) is 0 Å². The van der Waals surface area contributed by atoms with Crippen molar-refractivity contribution in [2.45, 2.75) is 25.4 Å². The number of benzene rings is 2. The highest BCUT2D eigenvalue weighted by molar-refractivity contribution is 9.10. The summed E-state index contributed by atoms with van der Waals surface area (Å²) in [5.41, 5.74) is 1.97. The molecular weight excluding hydrogens is 352 g/mol. The van der Waals surface area contributed by atoms with Gasteiger partial charge in [0.15, 0.2) is 0 Å². The zero-order valence-electron chi connectivity index (χ0n) is 11.7. The van der Waals surface area contributed by atoms with Crippen molar-refractivity contribution >= 4 is 27.5 Å². The van der Waals surface area contributed by atoms with E-state index in [1.807, 2.05) is 43.3 Å². The van der Waals surface area contributed by atoms with Crippen LogP contribution in [0, 0.1) is 0 Å². The van der Waals surface area contributed by atoms with Crippen LogP contribution in [0.1, 0.15) is 23.6 Å². The van der Waals surface area contributed by atoms with Gasteiger partial charge in [-0.05, 0) is 47.9 Å². The molecule has 0 spiro atoms. The molecule has 1 N–H and O–H groups in total. The molecular formula is C17H16BrClO2. The van der Waals surface area contributed by atoms with Gasteiger partial charge in [0.25, 0.3) is 0 Å². The van der Waals surface area contributed by atoms with Gasteiger partial charge in [-0.2, -0.15) is 0 Å². The van der Waals surface area contributed by atoms with Crippen molar-refractivity contribution in [3.8, 4) is 5.75 Å². The Bertz CT molecular complexity index is 682. The molecule has 4 heteroatoms. The van der Waals surface area contributed by atoms with E-state index < -0.39 is 5.60 Å². The third-order valence-corrected chi connectivity index (χ3v) is 4.52. The minimum absolute atomic E-state index is 0.465. The second-order valence-electron chi connectivity index (χ2n) is 5.61. The number of rotatable bonds is 3. The molecule has 1 atom stereocenters. The van der Waals surface area contributed by atoms with Crippen molar-refractivity contribution in [1.29, 1.82) is 0 Å². The highest BCUT2D eigenvalue weighted by Gasteiger charge is 2.27. The maximum absolute atomic E-state index is 10.9. The Balaban J connectivity index is 1.96. The van der Waals surface area contributed by atoms with E-state index in [0.717, 1.165) is 33.3 Å². The maximum atomic E-state index is 10.9. The van der Waals surface area contributed by atoms with Crippen LogP contribution in [0.5, 0.6) is 5.75 Å². The van der Waals surface area contributed by atoms with E-state index in [1.54, 1.807) is 0 Å². The van der Waals surface area contributed by atoms with E-state index in [-0.39, 0.29) is 0 Å². The van der Waals surface area contributed by atoms with E-state index in [9.17, 15) is 5.11 Å². The first-order chi connectivity index (χ1) is 9.95. The molecule has 0 bridgehead atoms. The van der Waals surface area contributed by atoms with Crippen molar-refractivity contribution in [3.63, 3.8) is 0 Å². The monoisotopic (exact) mass is 366 g/mol. The largest absolute Gasteiger partial charge is 0.493 e. The molecule has 1 unspecified atom stereocenters. The minimum Gasteiger partial charge on any atom is -0.493 e. The molecule has 1 aliphatic rings. The number of halogens is 2. The Labute approximate surface area is 137 Å². The molecule has 0 fully saturated rings. The van der Waals surface area contributed by atoms with Crippen LogP contribution in [0.3, 0.4) is 0 Å². The zero-order valence-corrected chi connectivity index (χ0v) is 14.0. The van der Waals surface area contributed by atoms with Gasteiger partial charge in [-0.15, -0.1) is 0 Å². The average Bonchev–Trinajstić information content (AvgIpc) is 2.86. The molecule has 0 saturated carbocycles. The second-order valence-corrected chi connectivity index (χ2v) is 6.96. The zero-order chi connectivity index (χ0) is 15.0. The van der Waals surface area contributed by atoms with Gasteiger partial charge in [0.05, 0.1) is 12.2 Å². The Hall–Kier alpha value is -1.03. The van der Waals surface area contributed by atoms with Crippen LogP contribution < -0.4 is 4.74 Å². The lowest BCUT2D eigenvalue weighted by molar-refractivity contribution is 0.0569. The van der Waals surface area contributed by atoms with Crippen LogP contribution in [0.4, 0.5) is 0 Å². The summed E-state index contributed by atoms with van der Waals surface area (Å²) in [5.74, 6) is 0.884. The summed E-state index contributed by atoms with van der Waals surface area (Å²) in [5, 5.41) is 11.6. The molecule has 0 radical (unpaired) electrons. The fourth-order valence-electron chi connectivity index (χ4n) is 2.77. The smallest absolute Gasteiger partial charge is 0.126 e. The lowest BCUT2D eigenvalue weighted by Gasteiger charge is -2.25. The topological polar surface area (TPSA) is 29.5 Å². The van der Waals surface area contributed by atoms with E-state index >= 15 is 0 Å². The predicted molar refractivity (Wildman–Crippen MR) is 88.1 cm³/mol. The number of hydrogen-bond donors (Lipinski definition) is 1. The summed E-state index contributed by atoms with van der Waals surface area (Å²) in [7, 11) is 0. The fourth-order valence-corrected chi connectivity index (χ4v) is 3.44. The van der Waals surface area contributed by atoms with Gasteiger partial charge in [-0.3, -0.25) is 0 Å². The molecule has 0 aromatic heterocycles. The Morgan fingerprint density at radius 2 is 2.14 bits per heavy atom. The van der Waals surface area contributed by atoms with E-state index in [0.29, 0.717) is 18.1 Å². The summed E-state index contributed by atoms with van der Waals surface area (Å²) < 4.78 is 6.66. The fraction of sp³-hybridized carbons (Fsp3) is 0.294. The summed E-state index contributed by atoms with van der Waals surface area (Å²) in [4.78, 5) is 0. The first-order valence-electron chi connectivity index (χ1n) is 6.88. The summed E-state index contributed by atoms with van der Waals surface area (Å²) in [6.07, 6.45) is 1.34. The number of hydrogen-bond acceptors (Lipinski definition) is 2. The second kappa shape index (κ2) is 5.64. The van der Waals surface area contributed by atoms with Gasteiger partial charge >= 0.3 is 0 Å². The molecule has 1 aliphatic heterocycles. The summed E-state index contributed by atoms with van der Waals surface area (Å²) in [6.45, 7) is 2.50. The maximum Gasteiger partial charge on any atom is 0.126 e. The standard InChI is InChI=1S/C17H16BrClO2/c1-17(20,13-3-2-4-14(18)9-13)10-12-8-15(19)7-11-5-6-21-16(11)12/h2-4,7-9,20H,5-6,10H2,1H3. The van der Waals surface area contributed by atoms with Gasteiger partial charge < -0.3 is 9.84 Å². The molecule has 110 valence electrons. The summed E-state index contributed by atoms with van der Waals surface area (Å²) >= 11 is 9.63. The van der Waals surface area contributed by atoms with Crippen molar-refractivity contribution in [3.05, 3.63) is 62.6 Å². The van der Waals surface area contributed by atoms with Crippen LogP contribution in [0.2, 0.25) is 5.02 Å². The summed E-state index contributed by atoms with van der Waals surface area (Å²) in [6, 6.07) is 11.6. The van der Waals surface area contributed by atoms with Gasteiger partial charge in [0.2, 0.25) is 0 Å². The molecule has 2 aromatic carbocycles. The lowest BCUT2D eigenvalue weighted by Crippen LogP contribution is -2.24. The molecule has 0 saturated heterocycles. The van der Waals surface area contributed by atoms with E-state index in [1.165, 1.54) is 0 Å². The third kappa shape index (κ3) is 3.10. The first kappa shape index (κ1) is 14.9. The van der Waals surface area contributed by atoms with E-state index in [2.05, 4.69) is 15.9 Å². The minimum atomic E-state index is -0.978. The van der Waals surface area contributed by atoms with Crippen LogP contribution in [-0.4, -0.2) is 11.7 Å². The molecule has 0 aliphatic carbocycles. The SMILES string of the molecule is CC(O)(Cc1cc(Cl)cc2c1OCC2)c1cccc(Br)c1. The van der Waals surface area contributed by atoms with Crippen molar-refractivity contribution < 1.29 is 9.84 Å². The van der Waals surface area contributed by atoms with Gasteiger partial charge in [0, 0.05) is 22.3 Å². The number of aliphatic hydroxyl groups is 1. The van der Waals surface area contributed by atoms with Crippen molar-refractivity contribution in [2.24, 2.45) is 0 Å². The van der Waals surface area contributed by atoms with Crippen LogP contribution >= 0.6 is 27.5 Å². The van der Waals surface area contributed by atoms with E-state index in [4.69, 9.17) is 16.3 Å². The Morgan fingerprint density at radius 3 is 2.90 bits per heavy atom. The quantitative estimate of drug-likeness (QED) is 0.866. The van der Waals surface area contributed by atoms with Crippen LogP contribution in [0.25, 0.3) is 0 Å². The van der Waals surface area contributed by atoms with Gasteiger partial charge in [-0.1, -0.05) is 39.7 Å². The lowest BCUT2D eigenvalue weighted by atomic mass is 9.88. The van der Waals surface area contributed by atoms with Crippen molar-refractivity contribution in [1.82, 2.24) is 0 Å². The number of fused-ring (bicyclic) bond motifs is 1. The van der Waals surface area contributed by atoms with Crippen LogP contribution in [0.15, 0.2) is 40.9 Å². The van der Waals surface area contributed by atoms with Crippen LogP contribution in [-0.2, 0) is 18.4 Å². The molecule has 2 aromatic rings.